The third kappa shape index (κ3) is 3.36. The van der Waals surface area contributed by atoms with Crippen LogP contribution in [0.15, 0.2) is 5.38 Å². The second-order valence-electron chi connectivity index (χ2n) is 6.72. The molecule has 0 N–H and O–H groups in total. The topological polar surface area (TPSA) is 48.9 Å². The molecule has 1 aromatic rings. The summed E-state index contributed by atoms with van der Waals surface area (Å²) in [6.45, 7) is 5.55. The van der Waals surface area contributed by atoms with Crippen LogP contribution in [0.3, 0.4) is 0 Å². The summed E-state index contributed by atoms with van der Waals surface area (Å²) in [5, 5.41) is 3.24. The van der Waals surface area contributed by atoms with E-state index < -0.39 is 0 Å². The Morgan fingerprint density at radius 2 is 2.26 bits per heavy atom. The number of nitrogens with zero attached hydrogens (tertiary/aromatic N) is 4. The zero-order chi connectivity index (χ0) is 16.6. The monoisotopic (exact) mass is 338 g/mol. The molecule has 23 heavy (non-hydrogen) atoms. The first kappa shape index (κ1) is 16.7. The third-order valence-electron chi connectivity index (χ3n) is 4.92. The van der Waals surface area contributed by atoms with E-state index in [9.17, 15) is 4.79 Å². The molecule has 2 aliphatic rings. The first-order valence-corrected chi connectivity index (χ1v) is 9.01. The molecule has 0 saturated carbocycles. The molecule has 0 aliphatic carbocycles. The average Bonchev–Trinajstić information content (AvgIpc) is 3.11. The summed E-state index contributed by atoms with van der Waals surface area (Å²) in [7, 11) is 5.44. The molecule has 0 unspecified atom stereocenters. The number of hydrogen-bond donors (Lipinski definition) is 0. The minimum atomic E-state index is 0.112. The first-order valence-electron chi connectivity index (χ1n) is 8.13. The molecule has 1 aromatic heterocycles. The summed E-state index contributed by atoms with van der Waals surface area (Å²) in [4.78, 5) is 23.2. The van der Waals surface area contributed by atoms with Crippen LogP contribution in [0, 0.1) is 12.8 Å². The minimum absolute atomic E-state index is 0.112. The van der Waals surface area contributed by atoms with Gasteiger partial charge in [-0.05, 0) is 13.3 Å². The number of amides is 2. The van der Waals surface area contributed by atoms with E-state index in [1.807, 2.05) is 25.9 Å². The summed E-state index contributed by atoms with van der Waals surface area (Å²) >= 11 is 1.69. The molecule has 3 heterocycles. The molecule has 2 saturated heterocycles. The fourth-order valence-electron chi connectivity index (χ4n) is 3.86. The van der Waals surface area contributed by atoms with Gasteiger partial charge in [-0.25, -0.2) is 9.78 Å². The number of thiazole rings is 1. The lowest BCUT2D eigenvalue weighted by atomic mass is 9.89. The molecule has 3 atom stereocenters. The fraction of sp³-hybridized carbons (Fsp3) is 0.750. The number of urea groups is 1. The van der Waals surface area contributed by atoms with E-state index in [1.54, 1.807) is 23.3 Å². The predicted molar refractivity (Wildman–Crippen MR) is 90.6 cm³/mol. The van der Waals surface area contributed by atoms with Gasteiger partial charge in [-0.1, -0.05) is 0 Å². The van der Waals surface area contributed by atoms with Crippen molar-refractivity contribution in [1.82, 2.24) is 19.7 Å². The van der Waals surface area contributed by atoms with Gasteiger partial charge in [0.1, 0.15) is 0 Å². The Bertz CT molecular complexity index is 562. The van der Waals surface area contributed by atoms with Crippen LogP contribution in [-0.2, 0) is 11.3 Å². The molecule has 0 spiro atoms. The summed E-state index contributed by atoms with van der Waals surface area (Å²) in [6.07, 6.45) is 1.16. The lowest BCUT2D eigenvalue weighted by Crippen LogP contribution is -2.55. The van der Waals surface area contributed by atoms with Crippen molar-refractivity contribution in [3.8, 4) is 0 Å². The van der Waals surface area contributed by atoms with Gasteiger partial charge in [-0.15, -0.1) is 11.3 Å². The van der Waals surface area contributed by atoms with Crippen molar-refractivity contribution in [3.63, 3.8) is 0 Å². The van der Waals surface area contributed by atoms with Gasteiger partial charge in [0.05, 0.1) is 22.8 Å². The Balaban J connectivity index is 1.73. The number of ether oxygens (including phenoxy) is 1. The number of fused-ring (bicyclic) bond motifs is 1. The van der Waals surface area contributed by atoms with Crippen LogP contribution in [0.25, 0.3) is 0 Å². The normalized spacial score (nSPS) is 28.0. The van der Waals surface area contributed by atoms with E-state index in [4.69, 9.17) is 4.74 Å². The molecule has 0 aromatic carbocycles. The minimum Gasteiger partial charge on any atom is -0.381 e. The number of rotatable bonds is 3. The molecule has 2 fully saturated rings. The highest BCUT2D eigenvalue weighted by Gasteiger charge is 2.46. The van der Waals surface area contributed by atoms with E-state index in [0.29, 0.717) is 5.92 Å². The van der Waals surface area contributed by atoms with Crippen molar-refractivity contribution < 1.29 is 9.53 Å². The molecule has 0 radical (unpaired) electrons. The van der Waals surface area contributed by atoms with Crippen LogP contribution in [0.1, 0.15) is 17.1 Å². The van der Waals surface area contributed by atoms with Gasteiger partial charge < -0.3 is 14.5 Å². The van der Waals surface area contributed by atoms with Gasteiger partial charge in [0, 0.05) is 58.7 Å². The Morgan fingerprint density at radius 1 is 1.48 bits per heavy atom. The second kappa shape index (κ2) is 6.75. The van der Waals surface area contributed by atoms with Gasteiger partial charge in [0.15, 0.2) is 0 Å². The molecule has 2 amide bonds. The van der Waals surface area contributed by atoms with Crippen LogP contribution in [0.2, 0.25) is 0 Å². The highest BCUT2D eigenvalue weighted by molar-refractivity contribution is 7.09. The van der Waals surface area contributed by atoms with Crippen molar-refractivity contribution in [2.24, 2.45) is 5.92 Å². The van der Waals surface area contributed by atoms with Crippen LogP contribution >= 0.6 is 11.3 Å². The zero-order valence-electron chi connectivity index (χ0n) is 14.4. The van der Waals surface area contributed by atoms with Crippen LogP contribution in [-0.4, -0.2) is 78.7 Å². The Hall–Kier alpha value is -1.18. The molecule has 0 bridgehead atoms. The second-order valence-corrected chi connectivity index (χ2v) is 7.78. The maximum atomic E-state index is 12.5. The van der Waals surface area contributed by atoms with Gasteiger partial charge in [0.2, 0.25) is 0 Å². The molecule has 128 valence electrons. The molecule has 2 aliphatic heterocycles. The van der Waals surface area contributed by atoms with Crippen LogP contribution in [0.4, 0.5) is 4.79 Å². The largest absolute Gasteiger partial charge is 0.381 e. The van der Waals surface area contributed by atoms with E-state index >= 15 is 0 Å². The van der Waals surface area contributed by atoms with E-state index in [0.717, 1.165) is 43.3 Å². The van der Waals surface area contributed by atoms with Crippen molar-refractivity contribution in [2.75, 3.05) is 40.8 Å². The predicted octanol–water partition coefficient (Wildman–Crippen LogP) is 1.65. The molecular weight excluding hydrogens is 312 g/mol. The van der Waals surface area contributed by atoms with Gasteiger partial charge in [-0.3, -0.25) is 4.90 Å². The molecule has 3 rings (SSSR count). The number of methoxy groups -OCH3 is 1. The SMILES string of the molecule is CO[C@@H]1CCN(C(=O)N(C)C)[C@@H]2CN(Cc3csc(C)n3)C[C@@H]21. The number of aromatic nitrogens is 1. The van der Waals surface area contributed by atoms with Crippen LogP contribution in [0.5, 0.6) is 0 Å². The number of carbonyl (C=O) groups is 1. The maximum Gasteiger partial charge on any atom is 0.319 e. The van der Waals surface area contributed by atoms with Gasteiger partial charge in [-0.2, -0.15) is 0 Å². The standard InChI is InChI=1S/C16H26N4O2S/c1-11-17-12(10-23-11)7-19-8-13-14(9-19)20(16(21)18(2)3)6-5-15(13)22-4/h10,13-15H,5-9H2,1-4H3/t13-,14+,15+/m0/s1. The quantitative estimate of drug-likeness (QED) is 0.841. The van der Waals surface area contributed by atoms with Crippen molar-refractivity contribution in [1.29, 1.82) is 0 Å². The maximum absolute atomic E-state index is 12.5. The average molecular weight is 338 g/mol. The number of hydrogen-bond acceptors (Lipinski definition) is 5. The summed E-state index contributed by atoms with van der Waals surface area (Å²) in [5.74, 6) is 0.386. The Kier molecular flexibility index (Phi) is 4.89. The number of likely N-dealkylation sites (tertiary alicyclic amines) is 2. The number of piperidine rings is 1. The summed E-state index contributed by atoms with van der Waals surface area (Å²) in [6, 6.07) is 0.351. The zero-order valence-corrected chi connectivity index (χ0v) is 15.2. The number of carbonyl (C=O) groups excluding carboxylic acids is 1. The summed E-state index contributed by atoms with van der Waals surface area (Å²) in [5.41, 5.74) is 1.13. The van der Waals surface area contributed by atoms with Gasteiger partial charge in [0.25, 0.3) is 0 Å². The first-order chi connectivity index (χ1) is 11.0. The lowest BCUT2D eigenvalue weighted by molar-refractivity contribution is -0.0116. The van der Waals surface area contributed by atoms with Crippen molar-refractivity contribution in [3.05, 3.63) is 16.1 Å². The molecule has 6 nitrogen and oxygen atoms in total. The van der Waals surface area contributed by atoms with Crippen molar-refractivity contribution in [2.45, 2.75) is 32.0 Å². The molecular formula is C16H26N4O2S. The highest BCUT2D eigenvalue weighted by atomic mass is 32.1. The van der Waals surface area contributed by atoms with E-state index in [2.05, 4.69) is 15.3 Å². The highest BCUT2D eigenvalue weighted by Crippen LogP contribution is 2.33. The third-order valence-corrected chi connectivity index (χ3v) is 5.75. The Labute approximate surface area is 142 Å². The van der Waals surface area contributed by atoms with Crippen LogP contribution < -0.4 is 0 Å². The smallest absolute Gasteiger partial charge is 0.319 e. The number of aryl methyl sites for hydroxylation is 1. The Morgan fingerprint density at radius 3 is 2.87 bits per heavy atom. The lowest BCUT2D eigenvalue weighted by Gasteiger charge is -2.42. The summed E-state index contributed by atoms with van der Waals surface area (Å²) < 4.78 is 5.70. The van der Waals surface area contributed by atoms with E-state index in [1.165, 1.54) is 0 Å². The van der Waals surface area contributed by atoms with Crippen molar-refractivity contribution >= 4 is 17.4 Å². The van der Waals surface area contributed by atoms with Gasteiger partial charge >= 0.3 is 6.03 Å². The van der Waals surface area contributed by atoms with E-state index in [-0.39, 0.29) is 18.2 Å². The molecule has 7 heteroatoms. The fourth-order valence-corrected chi connectivity index (χ4v) is 4.47.